The zero-order valence-electron chi connectivity index (χ0n) is 11.4. The Morgan fingerprint density at radius 3 is 2.48 bits per heavy atom. The molecular weight excluding hydrogens is 303 g/mol. The summed E-state index contributed by atoms with van der Waals surface area (Å²) in [4.78, 5) is 3.76. The molecule has 0 spiro atoms. The van der Waals surface area contributed by atoms with Crippen LogP contribution in [0.25, 0.3) is 0 Å². The Morgan fingerprint density at radius 1 is 1.14 bits per heavy atom. The van der Waals surface area contributed by atoms with Gasteiger partial charge in [0, 0.05) is 6.07 Å². The lowest BCUT2D eigenvalue weighted by Crippen LogP contribution is -2.05. The normalized spacial score (nSPS) is 11.8. The minimum Gasteiger partial charge on any atom is -0.439 e. The van der Waals surface area contributed by atoms with Crippen LogP contribution in [0.4, 0.5) is 13.2 Å². The Bertz CT molecular complexity index is 641. The van der Waals surface area contributed by atoms with E-state index >= 15 is 0 Å². The molecule has 0 radical (unpaired) electrons. The van der Waals surface area contributed by atoms with E-state index < -0.39 is 11.7 Å². The molecular formula is C15H13ClF3NO. The van der Waals surface area contributed by atoms with Crippen LogP contribution < -0.4 is 4.74 Å². The Kier molecular flexibility index (Phi) is 4.42. The van der Waals surface area contributed by atoms with Gasteiger partial charge in [-0.3, -0.25) is 0 Å². The maximum absolute atomic E-state index is 12.7. The lowest BCUT2D eigenvalue weighted by molar-refractivity contribution is -0.137. The van der Waals surface area contributed by atoms with Crippen LogP contribution in [0.2, 0.25) is 5.15 Å². The highest BCUT2D eigenvalue weighted by Crippen LogP contribution is 2.34. The second-order valence-electron chi connectivity index (χ2n) is 4.84. The van der Waals surface area contributed by atoms with E-state index in [9.17, 15) is 13.2 Å². The van der Waals surface area contributed by atoms with Gasteiger partial charge in [-0.25, -0.2) is 4.98 Å². The molecule has 2 rings (SSSR count). The standard InChI is InChI=1S/C15H13ClF3NO/c1-9(2)10-4-3-5-12(6-10)21-14-8-11(15(17,18)19)7-13(16)20-14/h3-9H,1-2H3. The van der Waals surface area contributed by atoms with Crippen LogP contribution in [0.5, 0.6) is 11.6 Å². The van der Waals surface area contributed by atoms with E-state index in [0.29, 0.717) is 5.75 Å². The highest BCUT2D eigenvalue weighted by molar-refractivity contribution is 6.29. The van der Waals surface area contributed by atoms with Crippen molar-refractivity contribution in [1.82, 2.24) is 4.98 Å². The number of aromatic nitrogens is 1. The van der Waals surface area contributed by atoms with Crippen molar-refractivity contribution in [3.8, 4) is 11.6 Å². The third-order valence-electron chi connectivity index (χ3n) is 2.85. The van der Waals surface area contributed by atoms with Crippen molar-refractivity contribution >= 4 is 11.6 Å². The first-order valence-electron chi connectivity index (χ1n) is 6.28. The molecule has 0 saturated carbocycles. The summed E-state index contributed by atoms with van der Waals surface area (Å²) in [5.41, 5.74) is 0.128. The Morgan fingerprint density at radius 2 is 1.86 bits per heavy atom. The lowest BCUT2D eigenvalue weighted by Gasteiger charge is -2.11. The minimum atomic E-state index is -4.50. The smallest absolute Gasteiger partial charge is 0.416 e. The van der Waals surface area contributed by atoms with E-state index in [0.717, 1.165) is 17.7 Å². The van der Waals surface area contributed by atoms with Crippen LogP contribution in [0.1, 0.15) is 30.9 Å². The molecule has 0 aliphatic rings. The number of alkyl halides is 3. The van der Waals surface area contributed by atoms with Gasteiger partial charge in [0.2, 0.25) is 5.88 Å². The molecule has 112 valence electrons. The van der Waals surface area contributed by atoms with Gasteiger partial charge in [0.05, 0.1) is 5.56 Å². The van der Waals surface area contributed by atoms with E-state index in [1.807, 2.05) is 19.9 Å². The van der Waals surface area contributed by atoms with E-state index in [1.54, 1.807) is 18.2 Å². The number of nitrogens with zero attached hydrogens (tertiary/aromatic N) is 1. The monoisotopic (exact) mass is 315 g/mol. The average molecular weight is 316 g/mol. The van der Waals surface area contributed by atoms with Gasteiger partial charge in [0.1, 0.15) is 10.9 Å². The molecule has 0 saturated heterocycles. The third-order valence-corrected chi connectivity index (χ3v) is 3.04. The molecule has 0 fully saturated rings. The highest BCUT2D eigenvalue weighted by atomic mass is 35.5. The van der Waals surface area contributed by atoms with Gasteiger partial charge in [-0.15, -0.1) is 0 Å². The Hall–Kier alpha value is -1.75. The highest BCUT2D eigenvalue weighted by Gasteiger charge is 2.31. The summed E-state index contributed by atoms with van der Waals surface area (Å²) in [6.45, 7) is 4.02. The maximum Gasteiger partial charge on any atom is 0.416 e. The lowest BCUT2D eigenvalue weighted by atomic mass is 10.0. The fourth-order valence-electron chi connectivity index (χ4n) is 1.75. The van der Waals surface area contributed by atoms with Crippen molar-refractivity contribution in [2.45, 2.75) is 25.9 Å². The first-order valence-corrected chi connectivity index (χ1v) is 6.66. The SMILES string of the molecule is CC(C)c1cccc(Oc2cc(C(F)(F)F)cc(Cl)n2)c1. The van der Waals surface area contributed by atoms with Gasteiger partial charge in [-0.05, 0) is 29.7 Å². The zero-order chi connectivity index (χ0) is 15.6. The molecule has 0 amide bonds. The molecule has 0 N–H and O–H groups in total. The van der Waals surface area contributed by atoms with Gasteiger partial charge < -0.3 is 4.74 Å². The molecule has 21 heavy (non-hydrogen) atoms. The van der Waals surface area contributed by atoms with E-state index in [-0.39, 0.29) is 17.0 Å². The molecule has 1 aromatic carbocycles. The predicted molar refractivity (Wildman–Crippen MR) is 74.9 cm³/mol. The van der Waals surface area contributed by atoms with Gasteiger partial charge in [0.25, 0.3) is 0 Å². The fraction of sp³-hybridized carbons (Fsp3) is 0.267. The summed E-state index contributed by atoms with van der Waals surface area (Å²) < 4.78 is 43.5. The molecule has 6 heteroatoms. The third kappa shape index (κ3) is 4.11. The number of halogens is 4. The van der Waals surface area contributed by atoms with Crippen molar-refractivity contribution in [2.75, 3.05) is 0 Å². The molecule has 2 aromatic rings. The van der Waals surface area contributed by atoms with Crippen LogP contribution in [-0.2, 0) is 6.18 Å². The molecule has 0 bridgehead atoms. The van der Waals surface area contributed by atoms with Gasteiger partial charge in [0.15, 0.2) is 0 Å². The zero-order valence-corrected chi connectivity index (χ0v) is 12.2. The van der Waals surface area contributed by atoms with Crippen molar-refractivity contribution in [1.29, 1.82) is 0 Å². The summed E-state index contributed by atoms with van der Waals surface area (Å²) >= 11 is 5.61. The molecule has 0 aliphatic heterocycles. The molecule has 1 aromatic heterocycles. The fourth-order valence-corrected chi connectivity index (χ4v) is 1.95. The quantitative estimate of drug-likeness (QED) is 0.681. The largest absolute Gasteiger partial charge is 0.439 e. The van der Waals surface area contributed by atoms with Crippen molar-refractivity contribution in [3.05, 3.63) is 52.7 Å². The first-order chi connectivity index (χ1) is 9.75. The van der Waals surface area contributed by atoms with Crippen molar-refractivity contribution in [2.24, 2.45) is 0 Å². The summed E-state index contributed by atoms with van der Waals surface area (Å²) in [7, 11) is 0. The number of hydrogen-bond acceptors (Lipinski definition) is 2. The number of rotatable bonds is 3. The molecule has 1 heterocycles. The van der Waals surface area contributed by atoms with Crippen molar-refractivity contribution in [3.63, 3.8) is 0 Å². The number of pyridine rings is 1. The molecule has 2 nitrogen and oxygen atoms in total. The molecule has 0 atom stereocenters. The second-order valence-corrected chi connectivity index (χ2v) is 5.23. The van der Waals surface area contributed by atoms with Crippen LogP contribution in [0.3, 0.4) is 0 Å². The Balaban J connectivity index is 2.31. The average Bonchev–Trinajstić information content (AvgIpc) is 2.37. The van der Waals surface area contributed by atoms with E-state index in [4.69, 9.17) is 16.3 Å². The predicted octanol–water partition coefficient (Wildman–Crippen LogP) is 5.67. The summed E-state index contributed by atoms with van der Waals surface area (Å²) in [6.07, 6.45) is -4.50. The van der Waals surface area contributed by atoms with Crippen molar-refractivity contribution < 1.29 is 17.9 Å². The number of ether oxygens (including phenoxy) is 1. The van der Waals surface area contributed by atoms with Crippen LogP contribution >= 0.6 is 11.6 Å². The first kappa shape index (κ1) is 15.6. The summed E-state index contributed by atoms with van der Waals surface area (Å²) in [5, 5.41) is -0.264. The topological polar surface area (TPSA) is 22.1 Å². The molecule has 0 aliphatic carbocycles. The number of hydrogen-bond donors (Lipinski definition) is 0. The van der Waals surface area contributed by atoms with Gasteiger partial charge in [-0.2, -0.15) is 13.2 Å². The van der Waals surface area contributed by atoms with Gasteiger partial charge in [-0.1, -0.05) is 37.6 Å². The Labute approximate surface area is 125 Å². The summed E-state index contributed by atoms with van der Waals surface area (Å²) in [5.74, 6) is 0.520. The second kappa shape index (κ2) is 5.93. The van der Waals surface area contributed by atoms with Crippen LogP contribution in [0.15, 0.2) is 36.4 Å². The summed E-state index contributed by atoms with van der Waals surface area (Å²) in [6, 6.07) is 8.71. The molecule has 0 unspecified atom stereocenters. The minimum absolute atomic E-state index is 0.185. The van der Waals surface area contributed by atoms with Crippen LogP contribution in [0, 0.1) is 0 Å². The van der Waals surface area contributed by atoms with Crippen LogP contribution in [-0.4, -0.2) is 4.98 Å². The van der Waals surface area contributed by atoms with E-state index in [2.05, 4.69) is 4.98 Å². The number of benzene rings is 1. The van der Waals surface area contributed by atoms with Gasteiger partial charge >= 0.3 is 6.18 Å². The maximum atomic E-state index is 12.7. The van der Waals surface area contributed by atoms with E-state index in [1.165, 1.54) is 0 Å².